The number of rotatable bonds is 6. The normalized spacial score (nSPS) is 18.0. The maximum atomic E-state index is 12.1. The second kappa shape index (κ2) is 8.03. The number of aliphatic carboxylic acids is 1. The van der Waals surface area contributed by atoms with Crippen LogP contribution in [0.15, 0.2) is 24.3 Å². The maximum Gasteiger partial charge on any atom is 0.308 e. The summed E-state index contributed by atoms with van der Waals surface area (Å²) in [6.07, 6.45) is 2.34. The first-order valence-corrected chi connectivity index (χ1v) is 7.83. The number of halogens is 1. The summed E-state index contributed by atoms with van der Waals surface area (Å²) in [5.41, 5.74) is 0. The van der Waals surface area contributed by atoms with Crippen LogP contribution in [0.2, 0.25) is 5.02 Å². The molecule has 0 bridgehead atoms. The second-order valence-corrected chi connectivity index (χ2v) is 5.81. The number of ether oxygens (including phenoxy) is 1. The molecule has 1 atom stereocenters. The highest BCUT2D eigenvalue weighted by molar-refractivity contribution is 6.32. The lowest BCUT2D eigenvalue weighted by atomic mass is 9.98. The van der Waals surface area contributed by atoms with Crippen molar-refractivity contribution in [2.75, 3.05) is 19.7 Å². The summed E-state index contributed by atoms with van der Waals surface area (Å²) in [7, 11) is 0. The Labute approximate surface area is 134 Å². The zero-order valence-corrected chi connectivity index (χ0v) is 13.1. The lowest BCUT2D eigenvalue weighted by Gasteiger charge is -2.30. The van der Waals surface area contributed by atoms with E-state index in [4.69, 9.17) is 21.4 Å². The van der Waals surface area contributed by atoms with Gasteiger partial charge in [0.05, 0.1) is 17.5 Å². The van der Waals surface area contributed by atoms with Gasteiger partial charge in [0.2, 0.25) is 5.91 Å². The van der Waals surface area contributed by atoms with Gasteiger partial charge in [0, 0.05) is 19.5 Å². The van der Waals surface area contributed by atoms with Gasteiger partial charge in [0.25, 0.3) is 0 Å². The molecule has 1 aliphatic heterocycles. The average Bonchev–Trinajstić information content (AvgIpc) is 2.53. The Kier molecular flexibility index (Phi) is 6.07. The molecule has 0 aliphatic carbocycles. The van der Waals surface area contributed by atoms with Crippen molar-refractivity contribution in [3.8, 4) is 5.75 Å². The number of benzene rings is 1. The van der Waals surface area contributed by atoms with Gasteiger partial charge in [-0.3, -0.25) is 9.59 Å². The SMILES string of the molecule is O=C(O)[C@H]1CCCN(C(=O)CCCOc2ccccc2Cl)C1. The minimum Gasteiger partial charge on any atom is -0.492 e. The van der Waals surface area contributed by atoms with E-state index >= 15 is 0 Å². The van der Waals surface area contributed by atoms with E-state index in [1.807, 2.05) is 12.1 Å². The number of piperidine rings is 1. The van der Waals surface area contributed by atoms with E-state index in [-0.39, 0.29) is 5.91 Å². The van der Waals surface area contributed by atoms with Gasteiger partial charge >= 0.3 is 5.97 Å². The molecule has 1 saturated heterocycles. The van der Waals surface area contributed by atoms with Crippen molar-refractivity contribution < 1.29 is 19.4 Å². The van der Waals surface area contributed by atoms with Gasteiger partial charge in [-0.25, -0.2) is 0 Å². The van der Waals surface area contributed by atoms with Crippen molar-refractivity contribution in [2.24, 2.45) is 5.92 Å². The monoisotopic (exact) mass is 325 g/mol. The summed E-state index contributed by atoms with van der Waals surface area (Å²) >= 11 is 5.98. The minimum atomic E-state index is -0.820. The molecule has 0 aromatic heterocycles. The van der Waals surface area contributed by atoms with Crippen LogP contribution in [0, 0.1) is 5.92 Å². The smallest absolute Gasteiger partial charge is 0.308 e. The standard InChI is InChI=1S/C16H20ClNO4/c17-13-6-1-2-7-14(13)22-10-4-8-15(19)18-9-3-5-12(11-18)16(20)21/h1-2,6-7,12H,3-5,8-11H2,(H,20,21)/t12-/m0/s1. The van der Waals surface area contributed by atoms with Crippen molar-refractivity contribution >= 4 is 23.5 Å². The fraction of sp³-hybridized carbons (Fsp3) is 0.500. The molecule has 0 unspecified atom stereocenters. The fourth-order valence-corrected chi connectivity index (χ4v) is 2.72. The quantitative estimate of drug-likeness (QED) is 0.817. The molecule has 0 saturated carbocycles. The number of nitrogens with zero attached hydrogens (tertiary/aromatic N) is 1. The van der Waals surface area contributed by atoms with Crippen LogP contribution >= 0.6 is 11.6 Å². The highest BCUT2D eigenvalue weighted by Gasteiger charge is 2.27. The van der Waals surface area contributed by atoms with Crippen LogP contribution in [0.25, 0.3) is 0 Å². The number of carboxylic acid groups (broad SMARTS) is 1. The summed E-state index contributed by atoms with van der Waals surface area (Å²) in [6, 6.07) is 7.20. The lowest BCUT2D eigenvalue weighted by molar-refractivity contribution is -0.145. The predicted octanol–water partition coefficient (Wildman–Crippen LogP) is 2.82. The second-order valence-electron chi connectivity index (χ2n) is 5.40. The topological polar surface area (TPSA) is 66.8 Å². The van der Waals surface area contributed by atoms with Crippen LogP contribution in [0.4, 0.5) is 0 Å². The molecule has 120 valence electrons. The zero-order valence-electron chi connectivity index (χ0n) is 12.3. The zero-order chi connectivity index (χ0) is 15.9. The van der Waals surface area contributed by atoms with Crippen molar-refractivity contribution in [3.05, 3.63) is 29.3 Å². The third-order valence-corrected chi connectivity index (χ3v) is 4.06. The molecule has 1 aromatic rings. The third-order valence-electron chi connectivity index (χ3n) is 3.75. The molecular weight excluding hydrogens is 306 g/mol. The Morgan fingerprint density at radius 2 is 2.14 bits per heavy atom. The molecule has 22 heavy (non-hydrogen) atoms. The molecule has 6 heteroatoms. The number of para-hydroxylation sites is 1. The predicted molar refractivity (Wildman–Crippen MR) is 83.1 cm³/mol. The molecule has 1 aromatic carbocycles. The fourth-order valence-electron chi connectivity index (χ4n) is 2.53. The molecule has 2 rings (SSSR count). The van der Waals surface area contributed by atoms with Gasteiger partial charge in [0.15, 0.2) is 0 Å². The molecule has 1 amide bonds. The van der Waals surface area contributed by atoms with E-state index in [0.717, 1.165) is 6.42 Å². The van der Waals surface area contributed by atoms with E-state index in [2.05, 4.69) is 0 Å². The Balaban J connectivity index is 1.71. The number of amides is 1. The number of hydrogen-bond donors (Lipinski definition) is 1. The molecule has 1 fully saturated rings. The highest BCUT2D eigenvalue weighted by atomic mass is 35.5. The van der Waals surface area contributed by atoms with Gasteiger partial charge in [-0.2, -0.15) is 0 Å². The third kappa shape index (κ3) is 4.63. The Bertz CT molecular complexity index is 535. The van der Waals surface area contributed by atoms with Gasteiger partial charge in [0.1, 0.15) is 5.75 Å². The minimum absolute atomic E-state index is 0.00583. The summed E-state index contributed by atoms with van der Waals surface area (Å²) in [5.74, 6) is -0.647. The van der Waals surface area contributed by atoms with Gasteiger partial charge < -0.3 is 14.7 Å². The number of carboxylic acids is 1. The lowest BCUT2D eigenvalue weighted by Crippen LogP contribution is -2.42. The molecule has 0 radical (unpaired) electrons. The molecule has 1 N–H and O–H groups in total. The molecule has 1 heterocycles. The summed E-state index contributed by atoms with van der Waals surface area (Å²) in [5, 5.41) is 9.58. The maximum absolute atomic E-state index is 12.1. The molecule has 5 nitrogen and oxygen atoms in total. The Morgan fingerprint density at radius 1 is 1.36 bits per heavy atom. The number of carbonyl (C=O) groups is 2. The van der Waals surface area contributed by atoms with Gasteiger partial charge in [-0.1, -0.05) is 23.7 Å². The van der Waals surface area contributed by atoms with Crippen LogP contribution < -0.4 is 4.74 Å². The van der Waals surface area contributed by atoms with E-state index in [1.165, 1.54) is 0 Å². The molecule has 0 spiro atoms. The van der Waals surface area contributed by atoms with Crippen LogP contribution in [-0.4, -0.2) is 41.6 Å². The van der Waals surface area contributed by atoms with E-state index in [9.17, 15) is 9.59 Å². The van der Waals surface area contributed by atoms with Crippen molar-refractivity contribution in [1.29, 1.82) is 0 Å². The summed E-state index contributed by atoms with van der Waals surface area (Å²) < 4.78 is 5.54. The Morgan fingerprint density at radius 3 is 2.86 bits per heavy atom. The largest absolute Gasteiger partial charge is 0.492 e. The van der Waals surface area contributed by atoms with Crippen LogP contribution in [0.1, 0.15) is 25.7 Å². The molecular formula is C16H20ClNO4. The van der Waals surface area contributed by atoms with Crippen molar-refractivity contribution in [3.63, 3.8) is 0 Å². The first-order chi connectivity index (χ1) is 10.6. The van der Waals surface area contributed by atoms with Crippen LogP contribution in [0.5, 0.6) is 5.75 Å². The summed E-state index contributed by atoms with van der Waals surface area (Å²) in [6.45, 7) is 1.37. The summed E-state index contributed by atoms with van der Waals surface area (Å²) in [4.78, 5) is 24.7. The first-order valence-electron chi connectivity index (χ1n) is 7.46. The van der Waals surface area contributed by atoms with E-state index in [0.29, 0.717) is 49.7 Å². The number of carbonyl (C=O) groups excluding carboxylic acids is 1. The Hall–Kier alpha value is -1.75. The van der Waals surface area contributed by atoms with Gasteiger partial charge in [-0.05, 0) is 31.4 Å². The van der Waals surface area contributed by atoms with E-state index in [1.54, 1.807) is 17.0 Å². The van der Waals surface area contributed by atoms with E-state index < -0.39 is 11.9 Å². The van der Waals surface area contributed by atoms with Crippen molar-refractivity contribution in [2.45, 2.75) is 25.7 Å². The van der Waals surface area contributed by atoms with Crippen LogP contribution in [-0.2, 0) is 9.59 Å². The first kappa shape index (κ1) is 16.6. The molecule has 1 aliphatic rings. The van der Waals surface area contributed by atoms with Crippen LogP contribution in [0.3, 0.4) is 0 Å². The number of hydrogen-bond acceptors (Lipinski definition) is 3. The average molecular weight is 326 g/mol. The highest BCUT2D eigenvalue weighted by Crippen LogP contribution is 2.23. The van der Waals surface area contributed by atoms with Crippen molar-refractivity contribution in [1.82, 2.24) is 4.90 Å². The van der Waals surface area contributed by atoms with Gasteiger partial charge in [-0.15, -0.1) is 0 Å². The number of likely N-dealkylation sites (tertiary alicyclic amines) is 1.